The molecule has 0 saturated carbocycles. The summed E-state index contributed by atoms with van der Waals surface area (Å²) in [5.74, 6) is -2.31. The molecule has 7 nitrogen and oxygen atoms in total. The van der Waals surface area contributed by atoms with E-state index in [0.29, 0.717) is 0 Å². The van der Waals surface area contributed by atoms with Crippen molar-refractivity contribution in [3.8, 4) is 0 Å². The van der Waals surface area contributed by atoms with E-state index in [1.165, 1.54) is 20.9 Å². The highest BCUT2D eigenvalue weighted by Crippen LogP contribution is 1.97. The fraction of sp³-hybridized carbons (Fsp3) is 0.778. The van der Waals surface area contributed by atoms with Crippen LogP contribution in [0.2, 0.25) is 0 Å². The number of amides is 1. The molecule has 2 N–H and O–H groups in total. The van der Waals surface area contributed by atoms with Crippen LogP contribution >= 0.6 is 0 Å². The summed E-state index contributed by atoms with van der Waals surface area (Å²) in [6.45, 7) is 2.61. The van der Waals surface area contributed by atoms with E-state index in [-0.39, 0.29) is 18.8 Å². The molecule has 0 radical (unpaired) electrons. The summed E-state index contributed by atoms with van der Waals surface area (Å²) in [5.41, 5.74) is 0. The molecule has 0 fully saturated rings. The fourth-order valence-electron chi connectivity index (χ4n) is 0.931. The monoisotopic (exact) mass is 266 g/mol. The number of hydrogen-bond acceptors (Lipinski definition) is 4. The van der Waals surface area contributed by atoms with Crippen LogP contribution in [-0.2, 0) is 19.6 Å². The molecule has 1 unspecified atom stereocenters. The number of hydrogen-bond donors (Lipinski definition) is 2. The summed E-state index contributed by atoms with van der Waals surface area (Å²) in [5, 5.41) is 11.0. The van der Waals surface area contributed by atoms with Crippen molar-refractivity contribution in [3.63, 3.8) is 0 Å². The van der Waals surface area contributed by atoms with Gasteiger partial charge in [0.05, 0.1) is 18.2 Å². The highest BCUT2D eigenvalue weighted by molar-refractivity contribution is 7.89. The van der Waals surface area contributed by atoms with Crippen molar-refractivity contribution in [2.45, 2.75) is 13.8 Å². The molecule has 0 aromatic rings. The Balaban J connectivity index is 4.16. The first-order chi connectivity index (χ1) is 7.70. The Hall–Kier alpha value is -1.15. The summed E-state index contributed by atoms with van der Waals surface area (Å²) in [7, 11) is -2.09. The third kappa shape index (κ3) is 5.64. The van der Waals surface area contributed by atoms with Crippen LogP contribution in [0.5, 0.6) is 0 Å². The summed E-state index contributed by atoms with van der Waals surface area (Å²) >= 11 is 0. The molecule has 1 amide bonds. The minimum atomic E-state index is -3.39. The van der Waals surface area contributed by atoms with Crippen LogP contribution < -0.4 is 5.32 Å². The maximum absolute atomic E-state index is 11.3. The second-order valence-electron chi connectivity index (χ2n) is 3.70. The Morgan fingerprint density at radius 3 is 2.35 bits per heavy atom. The molecule has 0 rings (SSSR count). The highest BCUT2D eigenvalue weighted by atomic mass is 32.2. The molecule has 0 aliphatic heterocycles. The molecule has 100 valence electrons. The van der Waals surface area contributed by atoms with Crippen LogP contribution in [0.15, 0.2) is 0 Å². The van der Waals surface area contributed by atoms with E-state index in [0.717, 1.165) is 4.31 Å². The smallest absolute Gasteiger partial charge is 0.308 e. The Bertz CT molecular complexity index is 379. The van der Waals surface area contributed by atoms with E-state index >= 15 is 0 Å². The van der Waals surface area contributed by atoms with Gasteiger partial charge in [-0.2, -0.15) is 4.31 Å². The summed E-state index contributed by atoms with van der Waals surface area (Å²) in [6.07, 6.45) is 0. The molecule has 1 atom stereocenters. The molecule has 0 bridgehead atoms. The normalized spacial score (nSPS) is 13.4. The SMILES string of the molecule is CCS(=O)(=O)N(C)CC(=O)NCC(C)C(=O)O. The van der Waals surface area contributed by atoms with Crippen molar-refractivity contribution in [1.29, 1.82) is 0 Å². The molecular weight excluding hydrogens is 248 g/mol. The first kappa shape index (κ1) is 15.9. The van der Waals surface area contributed by atoms with Gasteiger partial charge in [0.1, 0.15) is 0 Å². The zero-order valence-electron chi connectivity index (χ0n) is 10.1. The lowest BCUT2D eigenvalue weighted by Crippen LogP contribution is -2.41. The molecular formula is C9H18N2O5S. The summed E-state index contributed by atoms with van der Waals surface area (Å²) in [6, 6.07) is 0. The molecule has 0 aliphatic rings. The molecule has 0 aromatic carbocycles. The van der Waals surface area contributed by atoms with Crippen molar-refractivity contribution in [1.82, 2.24) is 9.62 Å². The maximum Gasteiger partial charge on any atom is 0.308 e. The number of nitrogens with zero attached hydrogens (tertiary/aromatic N) is 1. The van der Waals surface area contributed by atoms with Gasteiger partial charge in [-0.05, 0) is 6.92 Å². The second kappa shape index (κ2) is 6.55. The third-order valence-corrected chi connectivity index (χ3v) is 4.04. The number of likely N-dealkylation sites (N-methyl/N-ethyl adjacent to an activating group) is 1. The molecule has 0 saturated heterocycles. The van der Waals surface area contributed by atoms with Crippen LogP contribution in [0.3, 0.4) is 0 Å². The van der Waals surface area contributed by atoms with Crippen LogP contribution in [0, 0.1) is 5.92 Å². The number of carbonyl (C=O) groups is 2. The number of carboxylic acid groups (broad SMARTS) is 1. The van der Waals surface area contributed by atoms with E-state index in [1.807, 2.05) is 0 Å². The number of aliphatic carboxylic acids is 1. The Morgan fingerprint density at radius 2 is 1.94 bits per heavy atom. The van der Waals surface area contributed by atoms with Crippen molar-refractivity contribution in [3.05, 3.63) is 0 Å². The van der Waals surface area contributed by atoms with Gasteiger partial charge in [-0.25, -0.2) is 8.42 Å². The fourth-order valence-corrected chi connectivity index (χ4v) is 1.69. The predicted octanol–water partition coefficient (Wildman–Crippen LogP) is -0.895. The molecule has 8 heteroatoms. The number of carbonyl (C=O) groups excluding carboxylic acids is 1. The zero-order chi connectivity index (χ0) is 13.6. The van der Waals surface area contributed by atoms with Crippen LogP contribution in [0.25, 0.3) is 0 Å². The number of nitrogens with one attached hydrogen (secondary N) is 1. The van der Waals surface area contributed by atoms with E-state index in [4.69, 9.17) is 5.11 Å². The highest BCUT2D eigenvalue weighted by Gasteiger charge is 2.19. The third-order valence-electron chi connectivity index (χ3n) is 2.23. The average Bonchev–Trinajstić information content (AvgIpc) is 2.25. The number of carboxylic acids is 1. The van der Waals surface area contributed by atoms with Gasteiger partial charge in [0.25, 0.3) is 0 Å². The molecule has 0 heterocycles. The van der Waals surface area contributed by atoms with Crippen LogP contribution in [0.4, 0.5) is 0 Å². The maximum atomic E-state index is 11.3. The van der Waals surface area contributed by atoms with Gasteiger partial charge in [-0.15, -0.1) is 0 Å². The van der Waals surface area contributed by atoms with Crippen LogP contribution in [-0.4, -0.2) is 55.6 Å². The van der Waals surface area contributed by atoms with Crippen molar-refractivity contribution >= 4 is 21.9 Å². The van der Waals surface area contributed by atoms with E-state index < -0.39 is 27.8 Å². The van der Waals surface area contributed by atoms with Crippen molar-refractivity contribution < 1.29 is 23.1 Å². The number of rotatable bonds is 7. The minimum absolute atomic E-state index is 0.0197. The van der Waals surface area contributed by atoms with Gasteiger partial charge in [0.2, 0.25) is 15.9 Å². The average molecular weight is 266 g/mol. The second-order valence-corrected chi connectivity index (χ2v) is 6.06. The van der Waals surface area contributed by atoms with Gasteiger partial charge >= 0.3 is 5.97 Å². The quantitative estimate of drug-likeness (QED) is 0.622. The van der Waals surface area contributed by atoms with Gasteiger partial charge in [-0.1, -0.05) is 6.92 Å². The summed E-state index contributed by atoms with van der Waals surface area (Å²) < 4.78 is 23.6. The predicted molar refractivity (Wildman–Crippen MR) is 61.9 cm³/mol. The molecule has 17 heavy (non-hydrogen) atoms. The first-order valence-electron chi connectivity index (χ1n) is 5.14. The van der Waals surface area contributed by atoms with E-state index in [1.54, 1.807) is 0 Å². The standard InChI is InChI=1S/C9H18N2O5S/c1-4-17(15,16)11(3)6-8(12)10-5-7(2)9(13)14/h7H,4-6H2,1-3H3,(H,10,12)(H,13,14). The van der Waals surface area contributed by atoms with Gasteiger partial charge < -0.3 is 10.4 Å². The molecule has 0 aromatic heterocycles. The lowest BCUT2D eigenvalue weighted by molar-refractivity contribution is -0.141. The van der Waals surface area contributed by atoms with Crippen molar-refractivity contribution in [2.24, 2.45) is 5.92 Å². The Labute approximate surface area is 101 Å². The van der Waals surface area contributed by atoms with E-state index in [2.05, 4.69) is 5.32 Å². The lowest BCUT2D eigenvalue weighted by Gasteiger charge is -2.16. The number of sulfonamides is 1. The summed E-state index contributed by atoms with van der Waals surface area (Å²) in [4.78, 5) is 21.8. The van der Waals surface area contributed by atoms with E-state index in [9.17, 15) is 18.0 Å². The molecule has 0 spiro atoms. The topological polar surface area (TPSA) is 104 Å². The first-order valence-corrected chi connectivity index (χ1v) is 6.75. The molecule has 0 aliphatic carbocycles. The zero-order valence-corrected chi connectivity index (χ0v) is 11.0. The largest absolute Gasteiger partial charge is 0.481 e. The van der Waals surface area contributed by atoms with Crippen molar-refractivity contribution in [2.75, 3.05) is 25.9 Å². The van der Waals surface area contributed by atoms with Gasteiger partial charge in [0.15, 0.2) is 0 Å². The lowest BCUT2D eigenvalue weighted by atomic mass is 10.2. The Morgan fingerprint density at radius 1 is 1.41 bits per heavy atom. The minimum Gasteiger partial charge on any atom is -0.481 e. The van der Waals surface area contributed by atoms with Gasteiger partial charge in [0, 0.05) is 13.6 Å². The Kier molecular flexibility index (Phi) is 6.11. The van der Waals surface area contributed by atoms with Gasteiger partial charge in [-0.3, -0.25) is 9.59 Å². The van der Waals surface area contributed by atoms with Crippen LogP contribution in [0.1, 0.15) is 13.8 Å².